The van der Waals surface area contributed by atoms with Gasteiger partial charge in [0.25, 0.3) is 0 Å². The number of carbonyl (C=O) groups excluding carboxylic acids is 1. The van der Waals surface area contributed by atoms with Crippen molar-refractivity contribution in [3.63, 3.8) is 0 Å². The summed E-state index contributed by atoms with van der Waals surface area (Å²) in [5.41, 5.74) is 6.57. The van der Waals surface area contributed by atoms with E-state index in [-0.39, 0.29) is 5.91 Å². The van der Waals surface area contributed by atoms with Crippen molar-refractivity contribution in [3.05, 3.63) is 29.8 Å². The molecule has 0 saturated heterocycles. The predicted molar refractivity (Wildman–Crippen MR) is 77.2 cm³/mol. The number of ether oxygens (including phenoxy) is 1. The zero-order valence-electron chi connectivity index (χ0n) is 11.9. The van der Waals surface area contributed by atoms with Gasteiger partial charge in [-0.05, 0) is 44.0 Å². The van der Waals surface area contributed by atoms with Crippen LogP contribution in [0.15, 0.2) is 24.3 Å². The molecule has 1 aromatic carbocycles. The number of aryl methyl sites for hydroxylation is 1. The zero-order valence-corrected chi connectivity index (χ0v) is 11.9. The Morgan fingerprint density at radius 3 is 2.84 bits per heavy atom. The molecule has 0 aliphatic carbocycles. The van der Waals surface area contributed by atoms with Crippen molar-refractivity contribution < 1.29 is 9.53 Å². The van der Waals surface area contributed by atoms with E-state index in [1.807, 2.05) is 38.2 Å². The van der Waals surface area contributed by atoms with Crippen LogP contribution < -0.4 is 10.5 Å². The van der Waals surface area contributed by atoms with Gasteiger partial charge < -0.3 is 15.4 Å². The summed E-state index contributed by atoms with van der Waals surface area (Å²) >= 11 is 0. The van der Waals surface area contributed by atoms with Gasteiger partial charge in [0, 0.05) is 13.5 Å². The van der Waals surface area contributed by atoms with E-state index < -0.39 is 0 Å². The molecule has 0 atom stereocenters. The Morgan fingerprint density at radius 2 is 2.16 bits per heavy atom. The molecule has 0 aromatic heterocycles. The third kappa shape index (κ3) is 6.25. The molecule has 1 rings (SSSR count). The van der Waals surface area contributed by atoms with Crippen LogP contribution in [0.3, 0.4) is 0 Å². The standard InChI is InChI=1S/C15H24N2O2/c1-13-6-5-7-14(12-13)19-11-10-17(2)15(18)8-3-4-9-16/h5-7,12H,3-4,8-11,16H2,1-2H3. The molecule has 1 aromatic rings. The molecule has 0 heterocycles. The van der Waals surface area contributed by atoms with Crippen LogP contribution in [0, 0.1) is 6.92 Å². The average Bonchev–Trinajstić information content (AvgIpc) is 2.39. The van der Waals surface area contributed by atoms with Crippen LogP contribution in [-0.4, -0.2) is 37.6 Å². The Labute approximate surface area is 115 Å². The van der Waals surface area contributed by atoms with Crippen molar-refractivity contribution in [3.8, 4) is 5.75 Å². The Balaban J connectivity index is 2.23. The number of unbranched alkanes of at least 4 members (excludes halogenated alkanes) is 1. The Bertz CT molecular complexity index is 393. The van der Waals surface area contributed by atoms with Gasteiger partial charge in [-0.2, -0.15) is 0 Å². The normalized spacial score (nSPS) is 10.3. The van der Waals surface area contributed by atoms with E-state index >= 15 is 0 Å². The molecule has 2 N–H and O–H groups in total. The van der Waals surface area contributed by atoms with E-state index in [1.165, 1.54) is 5.56 Å². The summed E-state index contributed by atoms with van der Waals surface area (Å²) in [6.07, 6.45) is 2.33. The minimum absolute atomic E-state index is 0.154. The number of likely N-dealkylation sites (N-methyl/N-ethyl adjacent to an activating group) is 1. The van der Waals surface area contributed by atoms with Crippen LogP contribution in [0.2, 0.25) is 0 Å². The SMILES string of the molecule is Cc1cccc(OCCN(C)C(=O)CCCCN)c1. The van der Waals surface area contributed by atoms with Crippen LogP contribution in [0.5, 0.6) is 5.75 Å². The number of hydrogen-bond acceptors (Lipinski definition) is 3. The predicted octanol–water partition coefficient (Wildman–Crippen LogP) is 1.96. The smallest absolute Gasteiger partial charge is 0.222 e. The Hall–Kier alpha value is -1.55. The molecule has 0 unspecified atom stereocenters. The first-order chi connectivity index (χ1) is 9.13. The van der Waals surface area contributed by atoms with Gasteiger partial charge in [-0.3, -0.25) is 4.79 Å². The molecule has 0 spiro atoms. The molecule has 0 aliphatic heterocycles. The lowest BCUT2D eigenvalue weighted by Crippen LogP contribution is -2.30. The number of benzene rings is 1. The van der Waals surface area contributed by atoms with E-state index in [0.717, 1.165) is 18.6 Å². The zero-order chi connectivity index (χ0) is 14.1. The summed E-state index contributed by atoms with van der Waals surface area (Å²) in [5, 5.41) is 0. The lowest BCUT2D eigenvalue weighted by molar-refractivity contribution is -0.130. The second-order valence-corrected chi connectivity index (χ2v) is 4.73. The molecule has 106 valence electrons. The van der Waals surface area contributed by atoms with E-state index in [2.05, 4.69) is 0 Å². The average molecular weight is 264 g/mol. The molecule has 0 radical (unpaired) electrons. The Morgan fingerprint density at radius 1 is 1.37 bits per heavy atom. The lowest BCUT2D eigenvalue weighted by Gasteiger charge is -2.17. The van der Waals surface area contributed by atoms with Gasteiger partial charge in [-0.15, -0.1) is 0 Å². The Kier molecular flexibility index (Phi) is 6.97. The fraction of sp³-hybridized carbons (Fsp3) is 0.533. The molecular formula is C15H24N2O2. The van der Waals surface area contributed by atoms with Gasteiger partial charge >= 0.3 is 0 Å². The van der Waals surface area contributed by atoms with Gasteiger partial charge in [0.1, 0.15) is 12.4 Å². The number of carbonyl (C=O) groups is 1. The minimum atomic E-state index is 0.154. The molecular weight excluding hydrogens is 240 g/mol. The number of nitrogens with zero attached hydrogens (tertiary/aromatic N) is 1. The van der Waals surface area contributed by atoms with E-state index in [0.29, 0.717) is 26.1 Å². The highest BCUT2D eigenvalue weighted by Crippen LogP contribution is 2.12. The van der Waals surface area contributed by atoms with Crippen LogP contribution in [-0.2, 0) is 4.79 Å². The summed E-state index contributed by atoms with van der Waals surface area (Å²) < 4.78 is 5.62. The molecule has 0 aliphatic rings. The first-order valence-corrected chi connectivity index (χ1v) is 6.77. The van der Waals surface area contributed by atoms with Crippen molar-refractivity contribution in [1.82, 2.24) is 4.90 Å². The largest absolute Gasteiger partial charge is 0.492 e. The first kappa shape index (κ1) is 15.5. The quantitative estimate of drug-likeness (QED) is 0.730. The monoisotopic (exact) mass is 264 g/mol. The number of nitrogens with two attached hydrogens (primary N) is 1. The van der Waals surface area contributed by atoms with Crippen molar-refractivity contribution in [2.75, 3.05) is 26.7 Å². The van der Waals surface area contributed by atoms with Crippen LogP contribution in [0.1, 0.15) is 24.8 Å². The highest BCUT2D eigenvalue weighted by atomic mass is 16.5. The highest BCUT2D eigenvalue weighted by molar-refractivity contribution is 5.75. The molecule has 4 nitrogen and oxygen atoms in total. The second-order valence-electron chi connectivity index (χ2n) is 4.73. The summed E-state index contributed by atoms with van der Waals surface area (Å²) in [6.45, 7) is 3.80. The van der Waals surface area contributed by atoms with Gasteiger partial charge in [-0.1, -0.05) is 12.1 Å². The van der Waals surface area contributed by atoms with Gasteiger partial charge in [0.15, 0.2) is 0 Å². The molecule has 4 heteroatoms. The third-order valence-electron chi connectivity index (χ3n) is 2.96. The van der Waals surface area contributed by atoms with Crippen LogP contribution in [0.4, 0.5) is 0 Å². The summed E-state index contributed by atoms with van der Waals surface area (Å²) in [5.74, 6) is 1.00. The third-order valence-corrected chi connectivity index (χ3v) is 2.96. The van der Waals surface area contributed by atoms with Crippen LogP contribution in [0.25, 0.3) is 0 Å². The van der Waals surface area contributed by atoms with Gasteiger partial charge in [-0.25, -0.2) is 0 Å². The second kappa shape index (κ2) is 8.53. The van der Waals surface area contributed by atoms with Crippen molar-refractivity contribution in [1.29, 1.82) is 0 Å². The maximum Gasteiger partial charge on any atom is 0.222 e. The molecule has 0 bridgehead atoms. The van der Waals surface area contributed by atoms with Gasteiger partial charge in [0.2, 0.25) is 5.91 Å². The molecule has 19 heavy (non-hydrogen) atoms. The van der Waals surface area contributed by atoms with Crippen LogP contribution >= 0.6 is 0 Å². The number of amides is 1. The fourth-order valence-corrected chi connectivity index (χ4v) is 1.74. The number of rotatable bonds is 8. The summed E-state index contributed by atoms with van der Waals surface area (Å²) in [7, 11) is 1.81. The highest BCUT2D eigenvalue weighted by Gasteiger charge is 2.07. The van der Waals surface area contributed by atoms with Crippen molar-refractivity contribution in [2.45, 2.75) is 26.2 Å². The van der Waals surface area contributed by atoms with Crippen molar-refractivity contribution in [2.24, 2.45) is 5.73 Å². The molecule has 1 amide bonds. The summed E-state index contributed by atoms with van der Waals surface area (Å²) in [4.78, 5) is 13.5. The number of hydrogen-bond donors (Lipinski definition) is 1. The maximum absolute atomic E-state index is 11.7. The molecule has 0 saturated carbocycles. The first-order valence-electron chi connectivity index (χ1n) is 6.77. The fourth-order valence-electron chi connectivity index (χ4n) is 1.74. The van der Waals surface area contributed by atoms with Crippen molar-refractivity contribution >= 4 is 5.91 Å². The van der Waals surface area contributed by atoms with E-state index in [1.54, 1.807) is 4.90 Å². The molecule has 0 fully saturated rings. The lowest BCUT2D eigenvalue weighted by atomic mass is 10.2. The summed E-state index contributed by atoms with van der Waals surface area (Å²) in [6, 6.07) is 7.91. The van der Waals surface area contributed by atoms with E-state index in [4.69, 9.17) is 10.5 Å². The van der Waals surface area contributed by atoms with Gasteiger partial charge in [0.05, 0.1) is 6.54 Å². The minimum Gasteiger partial charge on any atom is -0.492 e. The topological polar surface area (TPSA) is 55.6 Å². The maximum atomic E-state index is 11.7. The van der Waals surface area contributed by atoms with E-state index in [9.17, 15) is 4.79 Å².